The summed E-state index contributed by atoms with van der Waals surface area (Å²) in [6.45, 7) is 3.35. The number of nitrogens with one attached hydrogen (secondary N) is 2. The molecule has 1 heterocycles. The van der Waals surface area contributed by atoms with Crippen molar-refractivity contribution in [2.24, 2.45) is 0 Å². The van der Waals surface area contributed by atoms with E-state index in [4.69, 9.17) is 5.26 Å². The molecule has 0 radical (unpaired) electrons. The summed E-state index contributed by atoms with van der Waals surface area (Å²) in [5, 5.41) is 16.8. The lowest BCUT2D eigenvalue weighted by molar-refractivity contribution is 0.0953. The fourth-order valence-corrected chi connectivity index (χ4v) is 2.58. The SMILES string of the molecule is CCCNC(=O)c1cccc(NCc2cc(C#N)cs2)c1. The van der Waals surface area contributed by atoms with Gasteiger partial charge in [0.1, 0.15) is 6.07 Å². The molecule has 0 aliphatic carbocycles. The van der Waals surface area contributed by atoms with Gasteiger partial charge in [-0.2, -0.15) is 5.26 Å². The molecular formula is C16H17N3OS. The second kappa shape index (κ2) is 7.46. The van der Waals surface area contributed by atoms with Crippen LogP contribution < -0.4 is 10.6 Å². The number of rotatable bonds is 6. The number of hydrogen-bond donors (Lipinski definition) is 2. The van der Waals surface area contributed by atoms with Gasteiger partial charge in [0.2, 0.25) is 0 Å². The van der Waals surface area contributed by atoms with Crippen LogP contribution in [-0.2, 0) is 6.54 Å². The summed E-state index contributed by atoms with van der Waals surface area (Å²) >= 11 is 1.55. The Balaban J connectivity index is 1.97. The number of carbonyl (C=O) groups is 1. The Morgan fingerprint density at radius 1 is 1.38 bits per heavy atom. The number of benzene rings is 1. The molecule has 2 aromatic rings. The van der Waals surface area contributed by atoms with Crippen molar-refractivity contribution < 1.29 is 4.79 Å². The molecule has 0 aliphatic rings. The molecule has 1 aromatic heterocycles. The number of amides is 1. The minimum Gasteiger partial charge on any atom is -0.380 e. The van der Waals surface area contributed by atoms with Crippen molar-refractivity contribution in [2.75, 3.05) is 11.9 Å². The van der Waals surface area contributed by atoms with Gasteiger partial charge in [-0.3, -0.25) is 4.79 Å². The van der Waals surface area contributed by atoms with E-state index in [1.807, 2.05) is 36.6 Å². The Morgan fingerprint density at radius 3 is 2.95 bits per heavy atom. The number of carbonyl (C=O) groups excluding carboxylic acids is 1. The first-order valence-electron chi connectivity index (χ1n) is 6.82. The Kier molecular flexibility index (Phi) is 5.35. The Hall–Kier alpha value is -2.32. The number of anilines is 1. The largest absolute Gasteiger partial charge is 0.380 e. The van der Waals surface area contributed by atoms with E-state index < -0.39 is 0 Å². The van der Waals surface area contributed by atoms with Crippen molar-refractivity contribution in [3.63, 3.8) is 0 Å². The summed E-state index contributed by atoms with van der Waals surface area (Å²) in [4.78, 5) is 13.0. The molecular weight excluding hydrogens is 282 g/mol. The zero-order chi connectivity index (χ0) is 15.1. The summed E-state index contributed by atoms with van der Waals surface area (Å²) in [7, 11) is 0. The van der Waals surface area contributed by atoms with Crippen LogP contribution in [0.5, 0.6) is 0 Å². The van der Waals surface area contributed by atoms with Crippen LogP contribution in [-0.4, -0.2) is 12.5 Å². The van der Waals surface area contributed by atoms with Crippen molar-refractivity contribution in [1.29, 1.82) is 5.26 Å². The first-order valence-corrected chi connectivity index (χ1v) is 7.70. The van der Waals surface area contributed by atoms with Gasteiger partial charge in [-0.05, 0) is 30.7 Å². The van der Waals surface area contributed by atoms with Gasteiger partial charge in [-0.1, -0.05) is 13.0 Å². The normalized spacial score (nSPS) is 9.90. The second-order valence-electron chi connectivity index (χ2n) is 4.60. The molecule has 0 spiro atoms. The van der Waals surface area contributed by atoms with E-state index in [1.165, 1.54) is 0 Å². The van der Waals surface area contributed by atoms with Crippen molar-refractivity contribution >= 4 is 22.9 Å². The Labute approximate surface area is 128 Å². The summed E-state index contributed by atoms with van der Waals surface area (Å²) in [6, 6.07) is 11.4. The molecule has 5 heteroatoms. The Morgan fingerprint density at radius 2 is 2.24 bits per heavy atom. The van der Waals surface area contributed by atoms with Gasteiger partial charge in [-0.15, -0.1) is 11.3 Å². The smallest absolute Gasteiger partial charge is 0.251 e. The maximum atomic E-state index is 11.9. The minimum absolute atomic E-state index is 0.0524. The highest BCUT2D eigenvalue weighted by Gasteiger charge is 2.05. The van der Waals surface area contributed by atoms with E-state index >= 15 is 0 Å². The van der Waals surface area contributed by atoms with Crippen LogP contribution >= 0.6 is 11.3 Å². The van der Waals surface area contributed by atoms with E-state index in [0.717, 1.165) is 17.0 Å². The topological polar surface area (TPSA) is 64.9 Å². The van der Waals surface area contributed by atoms with E-state index in [-0.39, 0.29) is 5.91 Å². The third-order valence-corrected chi connectivity index (χ3v) is 3.85. The van der Waals surface area contributed by atoms with Gasteiger partial charge in [0.05, 0.1) is 5.56 Å². The van der Waals surface area contributed by atoms with Crippen LogP contribution in [0.15, 0.2) is 35.7 Å². The average Bonchev–Trinajstić information content (AvgIpc) is 2.99. The molecule has 2 N–H and O–H groups in total. The average molecular weight is 299 g/mol. The first kappa shape index (κ1) is 15.1. The van der Waals surface area contributed by atoms with Crippen molar-refractivity contribution in [3.05, 3.63) is 51.7 Å². The molecule has 108 valence electrons. The minimum atomic E-state index is -0.0524. The van der Waals surface area contributed by atoms with Crippen molar-refractivity contribution in [3.8, 4) is 6.07 Å². The molecule has 0 unspecified atom stereocenters. The molecule has 4 nitrogen and oxygen atoms in total. The fourth-order valence-electron chi connectivity index (χ4n) is 1.83. The third kappa shape index (κ3) is 4.33. The molecule has 0 fully saturated rings. The van der Waals surface area contributed by atoms with Gasteiger partial charge in [0, 0.05) is 34.6 Å². The quantitative estimate of drug-likeness (QED) is 0.859. The predicted molar refractivity (Wildman–Crippen MR) is 85.4 cm³/mol. The summed E-state index contributed by atoms with van der Waals surface area (Å²) in [5.41, 5.74) is 2.23. The number of thiophene rings is 1. The van der Waals surface area contributed by atoms with Crippen molar-refractivity contribution in [2.45, 2.75) is 19.9 Å². The maximum Gasteiger partial charge on any atom is 0.251 e. The summed E-state index contributed by atoms with van der Waals surface area (Å²) < 4.78 is 0. The van der Waals surface area contributed by atoms with Gasteiger partial charge in [0.25, 0.3) is 5.91 Å². The van der Waals surface area contributed by atoms with Crippen LogP contribution in [0.1, 0.15) is 34.1 Å². The van der Waals surface area contributed by atoms with Crippen molar-refractivity contribution in [1.82, 2.24) is 5.32 Å². The van der Waals surface area contributed by atoms with Crippen LogP contribution in [0.4, 0.5) is 5.69 Å². The van der Waals surface area contributed by atoms with E-state index in [1.54, 1.807) is 17.4 Å². The van der Waals surface area contributed by atoms with Crippen LogP contribution in [0.3, 0.4) is 0 Å². The molecule has 1 amide bonds. The van der Waals surface area contributed by atoms with Crippen LogP contribution in [0.2, 0.25) is 0 Å². The molecule has 0 aliphatic heterocycles. The fraction of sp³-hybridized carbons (Fsp3) is 0.250. The van der Waals surface area contributed by atoms with Crippen LogP contribution in [0.25, 0.3) is 0 Å². The molecule has 0 bridgehead atoms. The summed E-state index contributed by atoms with van der Waals surface area (Å²) in [6.07, 6.45) is 0.920. The predicted octanol–water partition coefficient (Wildman–Crippen LogP) is 3.37. The molecule has 0 saturated carbocycles. The lowest BCUT2D eigenvalue weighted by Crippen LogP contribution is -2.23. The van der Waals surface area contributed by atoms with Gasteiger partial charge < -0.3 is 10.6 Å². The standard InChI is InChI=1S/C16H17N3OS/c1-2-6-18-16(20)13-4-3-5-14(8-13)19-10-15-7-12(9-17)11-21-15/h3-5,7-8,11,19H,2,6,10H2,1H3,(H,18,20). The zero-order valence-electron chi connectivity index (χ0n) is 11.8. The van der Waals surface area contributed by atoms with Gasteiger partial charge >= 0.3 is 0 Å². The first-order chi connectivity index (χ1) is 10.2. The highest BCUT2D eigenvalue weighted by Crippen LogP contribution is 2.17. The molecule has 21 heavy (non-hydrogen) atoms. The highest BCUT2D eigenvalue weighted by atomic mass is 32.1. The number of nitrogens with zero attached hydrogens (tertiary/aromatic N) is 1. The molecule has 0 atom stereocenters. The number of nitriles is 1. The Bertz CT molecular complexity index is 658. The van der Waals surface area contributed by atoms with Gasteiger partial charge in [-0.25, -0.2) is 0 Å². The van der Waals surface area contributed by atoms with Gasteiger partial charge in [0.15, 0.2) is 0 Å². The maximum absolute atomic E-state index is 11.9. The lowest BCUT2D eigenvalue weighted by Gasteiger charge is -2.08. The third-order valence-electron chi connectivity index (χ3n) is 2.91. The van der Waals surface area contributed by atoms with E-state index in [0.29, 0.717) is 24.2 Å². The second-order valence-corrected chi connectivity index (χ2v) is 5.60. The van der Waals surface area contributed by atoms with E-state index in [2.05, 4.69) is 16.7 Å². The monoisotopic (exact) mass is 299 g/mol. The highest BCUT2D eigenvalue weighted by molar-refractivity contribution is 7.10. The molecule has 1 aromatic carbocycles. The lowest BCUT2D eigenvalue weighted by atomic mass is 10.2. The van der Waals surface area contributed by atoms with E-state index in [9.17, 15) is 4.79 Å². The summed E-state index contributed by atoms with van der Waals surface area (Å²) in [5.74, 6) is -0.0524. The van der Waals surface area contributed by atoms with Crippen LogP contribution in [0, 0.1) is 11.3 Å². The number of hydrogen-bond acceptors (Lipinski definition) is 4. The zero-order valence-corrected chi connectivity index (χ0v) is 12.7. The molecule has 0 saturated heterocycles. The molecule has 2 rings (SSSR count).